The van der Waals surface area contributed by atoms with Crippen molar-refractivity contribution in [2.45, 2.75) is 38.9 Å². The van der Waals surface area contributed by atoms with Crippen LogP contribution in [0.3, 0.4) is 0 Å². The molecule has 0 heterocycles. The third-order valence-electron chi connectivity index (χ3n) is 2.52. The topological polar surface area (TPSA) is 35.5 Å². The number of rotatable bonds is 3. The van der Waals surface area contributed by atoms with E-state index in [0.717, 1.165) is 5.56 Å². The van der Waals surface area contributed by atoms with E-state index in [1.807, 2.05) is 51.1 Å². The molecule has 0 saturated heterocycles. The first kappa shape index (κ1) is 13.7. The Kier molecular flexibility index (Phi) is 3.94. The SMILES string of the molecule is CO[C@@](C)(C(=O)OC(C)(C)C)c1ccccc1. The maximum absolute atomic E-state index is 12.2. The molecule has 1 rings (SSSR count). The minimum Gasteiger partial charge on any atom is -0.458 e. The average molecular weight is 236 g/mol. The second kappa shape index (κ2) is 4.88. The molecular weight excluding hydrogens is 216 g/mol. The predicted octanol–water partition coefficient (Wildman–Crippen LogP) is 2.89. The fourth-order valence-corrected chi connectivity index (χ4v) is 1.45. The lowest BCUT2D eigenvalue weighted by Crippen LogP contribution is -2.40. The van der Waals surface area contributed by atoms with Crippen LogP contribution in [0.25, 0.3) is 0 Å². The molecule has 1 aromatic carbocycles. The smallest absolute Gasteiger partial charge is 0.343 e. The van der Waals surface area contributed by atoms with Crippen molar-refractivity contribution in [1.82, 2.24) is 0 Å². The van der Waals surface area contributed by atoms with Crippen molar-refractivity contribution in [1.29, 1.82) is 0 Å². The van der Waals surface area contributed by atoms with Crippen LogP contribution in [0.5, 0.6) is 0 Å². The van der Waals surface area contributed by atoms with Crippen LogP contribution >= 0.6 is 0 Å². The van der Waals surface area contributed by atoms with Gasteiger partial charge in [0, 0.05) is 7.11 Å². The van der Waals surface area contributed by atoms with Crippen LogP contribution in [-0.2, 0) is 19.9 Å². The molecule has 3 nitrogen and oxygen atoms in total. The Morgan fingerprint density at radius 3 is 2.00 bits per heavy atom. The van der Waals surface area contributed by atoms with Crippen LogP contribution < -0.4 is 0 Å². The van der Waals surface area contributed by atoms with Crippen LogP contribution in [-0.4, -0.2) is 18.7 Å². The van der Waals surface area contributed by atoms with Crippen LogP contribution in [0, 0.1) is 0 Å². The molecule has 0 radical (unpaired) electrons. The van der Waals surface area contributed by atoms with Crippen LogP contribution in [0.2, 0.25) is 0 Å². The van der Waals surface area contributed by atoms with Crippen molar-refractivity contribution in [2.24, 2.45) is 0 Å². The molecule has 0 amide bonds. The van der Waals surface area contributed by atoms with E-state index < -0.39 is 11.2 Å². The van der Waals surface area contributed by atoms with E-state index in [9.17, 15) is 4.79 Å². The summed E-state index contributed by atoms with van der Waals surface area (Å²) in [6.07, 6.45) is 0. The summed E-state index contributed by atoms with van der Waals surface area (Å²) < 4.78 is 10.7. The lowest BCUT2D eigenvalue weighted by Gasteiger charge is -2.30. The number of methoxy groups -OCH3 is 1. The second-order valence-corrected chi connectivity index (χ2v) is 5.11. The third-order valence-corrected chi connectivity index (χ3v) is 2.52. The molecule has 94 valence electrons. The Labute approximate surface area is 103 Å². The number of carbonyl (C=O) groups is 1. The van der Waals surface area contributed by atoms with E-state index in [1.54, 1.807) is 6.92 Å². The average Bonchev–Trinajstić information content (AvgIpc) is 2.27. The number of hydrogen-bond donors (Lipinski definition) is 0. The maximum Gasteiger partial charge on any atom is 0.343 e. The van der Waals surface area contributed by atoms with Crippen LogP contribution in [0.15, 0.2) is 30.3 Å². The first-order valence-corrected chi connectivity index (χ1v) is 5.64. The Morgan fingerprint density at radius 2 is 1.59 bits per heavy atom. The zero-order valence-electron chi connectivity index (χ0n) is 11.1. The number of ether oxygens (including phenoxy) is 2. The Morgan fingerprint density at radius 1 is 1.06 bits per heavy atom. The van der Waals surface area contributed by atoms with Crippen molar-refractivity contribution < 1.29 is 14.3 Å². The zero-order valence-corrected chi connectivity index (χ0v) is 11.1. The highest BCUT2D eigenvalue weighted by molar-refractivity contribution is 5.81. The minimum atomic E-state index is -1.06. The lowest BCUT2D eigenvalue weighted by molar-refractivity contribution is -0.180. The summed E-state index contributed by atoms with van der Waals surface area (Å²) in [6, 6.07) is 9.35. The van der Waals surface area contributed by atoms with Crippen LogP contribution in [0.1, 0.15) is 33.3 Å². The Hall–Kier alpha value is -1.35. The highest BCUT2D eigenvalue weighted by Gasteiger charge is 2.38. The van der Waals surface area contributed by atoms with Gasteiger partial charge in [-0.2, -0.15) is 0 Å². The van der Waals surface area contributed by atoms with Gasteiger partial charge in [0.1, 0.15) is 5.60 Å². The molecule has 0 aromatic heterocycles. The van der Waals surface area contributed by atoms with E-state index in [1.165, 1.54) is 7.11 Å². The first-order valence-electron chi connectivity index (χ1n) is 5.64. The van der Waals surface area contributed by atoms with E-state index in [4.69, 9.17) is 9.47 Å². The van der Waals surface area contributed by atoms with Crippen molar-refractivity contribution in [3.63, 3.8) is 0 Å². The fourth-order valence-electron chi connectivity index (χ4n) is 1.45. The first-order chi connectivity index (χ1) is 7.79. The highest BCUT2D eigenvalue weighted by atomic mass is 16.6. The van der Waals surface area contributed by atoms with Crippen molar-refractivity contribution in [3.05, 3.63) is 35.9 Å². The van der Waals surface area contributed by atoms with Crippen molar-refractivity contribution >= 4 is 5.97 Å². The summed E-state index contributed by atoms with van der Waals surface area (Å²) in [6.45, 7) is 7.24. The van der Waals surface area contributed by atoms with Crippen molar-refractivity contribution in [2.75, 3.05) is 7.11 Å². The summed E-state index contributed by atoms with van der Waals surface area (Å²) in [7, 11) is 1.51. The molecule has 3 heteroatoms. The van der Waals surface area contributed by atoms with Gasteiger partial charge >= 0.3 is 5.97 Å². The predicted molar refractivity (Wildman–Crippen MR) is 66.6 cm³/mol. The number of esters is 1. The highest BCUT2D eigenvalue weighted by Crippen LogP contribution is 2.28. The number of benzene rings is 1. The van der Waals surface area contributed by atoms with Gasteiger partial charge in [0.05, 0.1) is 0 Å². The van der Waals surface area contributed by atoms with Crippen molar-refractivity contribution in [3.8, 4) is 0 Å². The van der Waals surface area contributed by atoms with E-state index in [2.05, 4.69) is 0 Å². The van der Waals surface area contributed by atoms with Gasteiger partial charge in [0.15, 0.2) is 5.60 Å². The van der Waals surface area contributed by atoms with Gasteiger partial charge < -0.3 is 9.47 Å². The van der Waals surface area contributed by atoms with E-state index in [-0.39, 0.29) is 5.97 Å². The van der Waals surface area contributed by atoms with Gasteiger partial charge in [0.25, 0.3) is 0 Å². The van der Waals surface area contributed by atoms with E-state index >= 15 is 0 Å². The summed E-state index contributed by atoms with van der Waals surface area (Å²) in [5.74, 6) is -0.376. The molecule has 0 bridgehead atoms. The molecule has 0 unspecified atom stereocenters. The molecule has 0 saturated carbocycles. The Bertz CT molecular complexity index is 378. The molecule has 17 heavy (non-hydrogen) atoms. The van der Waals surface area contributed by atoms with Gasteiger partial charge in [0.2, 0.25) is 0 Å². The summed E-state index contributed by atoms with van der Waals surface area (Å²) >= 11 is 0. The summed E-state index contributed by atoms with van der Waals surface area (Å²) in [5.41, 5.74) is -0.794. The van der Waals surface area contributed by atoms with Crippen LogP contribution in [0.4, 0.5) is 0 Å². The molecule has 0 aliphatic rings. The quantitative estimate of drug-likeness (QED) is 0.757. The van der Waals surface area contributed by atoms with Gasteiger partial charge in [-0.1, -0.05) is 30.3 Å². The second-order valence-electron chi connectivity index (χ2n) is 5.11. The van der Waals surface area contributed by atoms with Gasteiger partial charge in [-0.3, -0.25) is 0 Å². The summed E-state index contributed by atoms with van der Waals surface area (Å²) in [4.78, 5) is 12.2. The monoisotopic (exact) mass is 236 g/mol. The zero-order chi connectivity index (χ0) is 13.1. The van der Waals surface area contributed by atoms with Gasteiger partial charge in [-0.05, 0) is 33.3 Å². The lowest BCUT2D eigenvalue weighted by atomic mass is 9.95. The minimum absolute atomic E-state index is 0.376. The third kappa shape index (κ3) is 3.30. The molecule has 0 aliphatic carbocycles. The standard InChI is InChI=1S/C14H20O3/c1-13(2,3)17-12(15)14(4,16-5)11-9-7-6-8-10-11/h6-10H,1-5H3/t14-/m1/s1. The molecule has 0 aliphatic heterocycles. The fraction of sp³-hybridized carbons (Fsp3) is 0.500. The molecule has 0 spiro atoms. The number of hydrogen-bond acceptors (Lipinski definition) is 3. The van der Waals surface area contributed by atoms with E-state index in [0.29, 0.717) is 0 Å². The van der Waals surface area contributed by atoms with Gasteiger partial charge in [-0.15, -0.1) is 0 Å². The number of carbonyl (C=O) groups excluding carboxylic acids is 1. The van der Waals surface area contributed by atoms with Gasteiger partial charge in [-0.25, -0.2) is 4.79 Å². The molecular formula is C14H20O3. The summed E-state index contributed by atoms with van der Waals surface area (Å²) in [5, 5.41) is 0. The Balaban J connectivity index is 3.01. The maximum atomic E-state index is 12.2. The molecule has 1 aromatic rings. The molecule has 1 atom stereocenters. The normalized spacial score (nSPS) is 15.1. The largest absolute Gasteiger partial charge is 0.458 e. The molecule has 0 N–H and O–H groups in total. The molecule has 0 fully saturated rings.